The van der Waals surface area contributed by atoms with Crippen molar-refractivity contribution in [3.05, 3.63) is 53.8 Å². The number of hydrogen-bond donors (Lipinski definition) is 1. The van der Waals surface area contributed by atoms with Crippen molar-refractivity contribution in [1.29, 1.82) is 0 Å². The number of piperidine rings is 1. The van der Waals surface area contributed by atoms with Crippen LogP contribution in [0.2, 0.25) is 0 Å². The van der Waals surface area contributed by atoms with Gasteiger partial charge in [0.1, 0.15) is 0 Å². The van der Waals surface area contributed by atoms with E-state index in [0.29, 0.717) is 5.89 Å². The first-order valence-corrected chi connectivity index (χ1v) is 6.20. The van der Waals surface area contributed by atoms with Crippen LogP contribution < -0.4 is 5.32 Å². The smallest absolute Gasteiger partial charge is 0.247 e. The molecule has 2 heterocycles. The molecule has 1 fully saturated rings. The molecule has 1 aliphatic rings. The molecule has 3 rings (SSSR count). The monoisotopic (exact) mass is 241 g/mol. The van der Waals surface area contributed by atoms with Crippen LogP contribution >= 0.6 is 0 Å². The fourth-order valence-corrected chi connectivity index (χ4v) is 2.34. The van der Waals surface area contributed by atoms with Crippen molar-refractivity contribution in [2.24, 2.45) is 0 Å². The van der Waals surface area contributed by atoms with Crippen molar-refractivity contribution in [1.82, 2.24) is 15.5 Å². The lowest BCUT2D eigenvalue weighted by Crippen LogP contribution is -2.23. The molecule has 18 heavy (non-hydrogen) atoms. The van der Waals surface area contributed by atoms with Crippen molar-refractivity contribution in [2.75, 3.05) is 13.1 Å². The van der Waals surface area contributed by atoms with Gasteiger partial charge >= 0.3 is 0 Å². The van der Waals surface area contributed by atoms with E-state index in [1.54, 1.807) is 0 Å². The molecule has 0 aliphatic carbocycles. The Labute approximate surface area is 106 Å². The Hall–Kier alpha value is -1.94. The number of aromatic nitrogens is 2. The number of rotatable bonds is 2. The van der Waals surface area contributed by atoms with Crippen LogP contribution in [0, 0.1) is 0 Å². The predicted octanol–water partition coefficient (Wildman–Crippen LogP) is 2.25. The highest BCUT2D eigenvalue weighted by Gasteiger charge is 2.17. The number of nitrogens with zero attached hydrogens (tertiary/aromatic N) is 2. The van der Waals surface area contributed by atoms with Crippen molar-refractivity contribution in [3.63, 3.8) is 0 Å². The van der Waals surface area contributed by atoms with Gasteiger partial charge < -0.3 is 9.73 Å². The molecule has 0 amide bonds. The molecule has 0 bridgehead atoms. The maximum Gasteiger partial charge on any atom is 0.247 e. The highest BCUT2D eigenvalue weighted by atomic mass is 16.4. The molecule has 0 saturated carbocycles. The summed E-state index contributed by atoms with van der Waals surface area (Å²) in [6, 6.07) is 10.3. The molecule has 0 unspecified atom stereocenters. The molecule has 1 aliphatic heterocycles. The van der Waals surface area contributed by atoms with Crippen LogP contribution in [0.25, 0.3) is 5.57 Å². The van der Waals surface area contributed by atoms with E-state index in [0.717, 1.165) is 37.1 Å². The van der Waals surface area contributed by atoms with Gasteiger partial charge in [-0.25, -0.2) is 0 Å². The summed E-state index contributed by atoms with van der Waals surface area (Å²) in [5.74, 6) is 0.623. The third-order valence-corrected chi connectivity index (χ3v) is 3.20. The fourth-order valence-electron chi connectivity index (χ4n) is 2.34. The van der Waals surface area contributed by atoms with Gasteiger partial charge in [-0.1, -0.05) is 35.9 Å². The van der Waals surface area contributed by atoms with E-state index in [4.69, 9.17) is 4.42 Å². The van der Waals surface area contributed by atoms with Gasteiger partial charge in [-0.05, 0) is 31.5 Å². The summed E-state index contributed by atoms with van der Waals surface area (Å²) < 4.78 is 5.40. The quantitative estimate of drug-likeness (QED) is 0.876. The zero-order valence-electron chi connectivity index (χ0n) is 10.1. The van der Waals surface area contributed by atoms with Crippen molar-refractivity contribution >= 4 is 5.57 Å². The van der Waals surface area contributed by atoms with Gasteiger partial charge in [0.05, 0.1) is 0 Å². The van der Waals surface area contributed by atoms with Crippen molar-refractivity contribution < 1.29 is 4.42 Å². The van der Waals surface area contributed by atoms with Gasteiger partial charge in [-0.3, -0.25) is 0 Å². The van der Waals surface area contributed by atoms with Gasteiger partial charge in [0.2, 0.25) is 12.3 Å². The van der Waals surface area contributed by atoms with E-state index >= 15 is 0 Å². The predicted molar refractivity (Wildman–Crippen MR) is 68.9 cm³/mol. The zero-order valence-corrected chi connectivity index (χ0v) is 10.1. The molecule has 4 heteroatoms. The second-order valence-electron chi connectivity index (χ2n) is 4.34. The highest BCUT2D eigenvalue weighted by molar-refractivity contribution is 5.78. The largest absolute Gasteiger partial charge is 0.423 e. The van der Waals surface area contributed by atoms with Crippen LogP contribution in [0.5, 0.6) is 0 Å². The average molecular weight is 241 g/mol. The van der Waals surface area contributed by atoms with Gasteiger partial charge in [0.15, 0.2) is 0 Å². The molecule has 2 aromatic rings. The molecule has 0 spiro atoms. The zero-order chi connectivity index (χ0) is 12.2. The van der Waals surface area contributed by atoms with Gasteiger partial charge in [-0.2, -0.15) is 0 Å². The Balaban J connectivity index is 2.09. The van der Waals surface area contributed by atoms with Crippen LogP contribution in [-0.2, 0) is 0 Å². The number of benzene rings is 1. The van der Waals surface area contributed by atoms with Crippen LogP contribution in [0.4, 0.5) is 0 Å². The molecular weight excluding hydrogens is 226 g/mol. The van der Waals surface area contributed by atoms with Crippen LogP contribution in [0.15, 0.2) is 46.7 Å². The van der Waals surface area contributed by atoms with Crippen molar-refractivity contribution in [2.45, 2.75) is 12.8 Å². The summed E-state index contributed by atoms with van der Waals surface area (Å²) in [5.41, 5.74) is 3.65. The number of nitrogens with one attached hydrogen (secondary N) is 1. The molecule has 1 N–H and O–H groups in total. The maximum absolute atomic E-state index is 5.40. The standard InChI is InChI=1S/C14H15N3O/c1-2-4-11(5-3-1)13(14-17-16-10-18-14)12-6-8-15-9-7-12/h1-5,10,15H,6-9H2. The second kappa shape index (κ2) is 5.14. The summed E-state index contributed by atoms with van der Waals surface area (Å²) in [4.78, 5) is 0. The molecule has 4 nitrogen and oxygen atoms in total. The summed E-state index contributed by atoms with van der Waals surface area (Å²) in [7, 11) is 0. The molecule has 1 saturated heterocycles. The minimum atomic E-state index is 0.623. The van der Waals surface area contributed by atoms with E-state index in [2.05, 4.69) is 27.6 Å². The van der Waals surface area contributed by atoms with E-state index in [-0.39, 0.29) is 0 Å². The first-order valence-electron chi connectivity index (χ1n) is 6.20. The Morgan fingerprint density at radius 1 is 1.11 bits per heavy atom. The normalized spacial score (nSPS) is 15.7. The summed E-state index contributed by atoms with van der Waals surface area (Å²) in [6.07, 6.45) is 3.46. The Morgan fingerprint density at radius 2 is 1.89 bits per heavy atom. The second-order valence-corrected chi connectivity index (χ2v) is 4.34. The molecule has 0 atom stereocenters. The van der Waals surface area contributed by atoms with Gasteiger partial charge in [0.25, 0.3) is 0 Å². The molecule has 1 aromatic carbocycles. The Kier molecular flexibility index (Phi) is 3.19. The lowest BCUT2D eigenvalue weighted by molar-refractivity contribution is 0.535. The van der Waals surface area contributed by atoms with Gasteiger partial charge in [-0.15, -0.1) is 10.2 Å². The average Bonchev–Trinajstić information content (AvgIpc) is 2.95. The van der Waals surface area contributed by atoms with E-state index in [1.807, 2.05) is 18.2 Å². The van der Waals surface area contributed by atoms with E-state index < -0.39 is 0 Å². The first kappa shape index (κ1) is 11.2. The SMILES string of the molecule is c1ccc(C(=C2CCNCC2)c2nnco2)cc1. The minimum absolute atomic E-state index is 0.623. The molecular formula is C14H15N3O. The van der Waals surface area contributed by atoms with Gasteiger partial charge in [0, 0.05) is 5.57 Å². The Bertz CT molecular complexity index is 523. The Morgan fingerprint density at radius 3 is 2.56 bits per heavy atom. The number of hydrogen-bond acceptors (Lipinski definition) is 4. The summed E-state index contributed by atoms with van der Waals surface area (Å²) in [6.45, 7) is 2.03. The van der Waals surface area contributed by atoms with Crippen LogP contribution in [0.3, 0.4) is 0 Å². The first-order chi connectivity index (χ1) is 8.95. The van der Waals surface area contributed by atoms with Crippen molar-refractivity contribution in [3.8, 4) is 0 Å². The fraction of sp³-hybridized carbons (Fsp3) is 0.286. The third-order valence-electron chi connectivity index (χ3n) is 3.20. The van der Waals surface area contributed by atoms with Crippen LogP contribution in [0.1, 0.15) is 24.3 Å². The third kappa shape index (κ3) is 2.19. The summed E-state index contributed by atoms with van der Waals surface area (Å²) >= 11 is 0. The summed E-state index contributed by atoms with van der Waals surface area (Å²) in [5, 5.41) is 11.2. The molecule has 1 aromatic heterocycles. The maximum atomic E-state index is 5.40. The minimum Gasteiger partial charge on any atom is -0.423 e. The van der Waals surface area contributed by atoms with E-state index in [9.17, 15) is 0 Å². The molecule has 92 valence electrons. The highest BCUT2D eigenvalue weighted by Crippen LogP contribution is 2.29. The van der Waals surface area contributed by atoms with E-state index in [1.165, 1.54) is 12.0 Å². The lowest BCUT2D eigenvalue weighted by atomic mass is 9.94. The lowest BCUT2D eigenvalue weighted by Gasteiger charge is -2.18. The molecule has 0 radical (unpaired) electrons. The van der Waals surface area contributed by atoms with Crippen LogP contribution in [-0.4, -0.2) is 23.3 Å². The topological polar surface area (TPSA) is 51.0 Å².